The third-order valence-corrected chi connectivity index (χ3v) is 5.09. The summed E-state index contributed by atoms with van der Waals surface area (Å²) in [6.45, 7) is 2.15. The largest absolute Gasteiger partial charge is 0.313 e. The first-order valence-corrected chi connectivity index (χ1v) is 7.95. The maximum absolute atomic E-state index is 3.66. The predicted molar refractivity (Wildman–Crippen MR) is 81.9 cm³/mol. The molecule has 0 saturated heterocycles. The standard InChI is InChI=1S/C16H24BrN/c1-12-9-10-14(11-15(12)17)16(18-2)13-7-5-3-4-6-8-13/h9-11,13,16,18H,3-8H2,1-2H3. The Hall–Kier alpha value is -0.340. The molecule has 1 aliphatic carbocycles. The van der Waals surface area contributed by atoms with Crippen molar-refractivity contribution in [1.29, 1.82) is 0 Å². The number of hydrogen-bond acceptors (Lipinski definition) is 1. The van der Waals surface area contributed by atoms with Crippen LogP contribution in [0, 0.1) is 12.8 Å². The summed E-state index contributed by atoms with van der Waals surface area (Å²) in [6, 6.07) is 7.31. The van der Waals surface area contributed by atoms with Gasteiger partial charge in [0, 0.05) is 10.5 Å². The second-order valence-electron chi connectivity index (χ2n) is 5.53. The molecule has 0 aliphatic heterocycles. The average molecular weight is 310 g/mol. The molecule has 1 aromatic carbocycles. The Morgan fingerprint density at radius 2 is 1.83 bits per heavy atom. The van der Waals surface area contributed by atoms with Crippen molar-refractivity contribution >= 4 is 15.9 Å². The van der Waals surface area contributed by atoms with Crippen LogP contribution in [0.15, 0.2) is 22.7 Å². The molecule has 100 valence electrons. The van der Waals surface area contributed by atoms with Crippen LogP contribution in [0.1, 0.15) is 55.7 Å². The zero-order valence-electron chi connectivity index (χ0n) is 11.5. The van der Waals surface area contributed by atoms with Gasteiger partial charge < -0.3 is 5.32 Å². The molecule has 1 fully saturated rings. The van der Waals surface area contributed by atoms with Crippen LogP contribution in [0.25, 0.3) is 0 Å². The Balaban J connectivity index is 2.17. The van der Waals surface area contributed by atoms with E-state index >= 15 is 0 Å². The normalized spacial score (nSPS) is 19.5. The molecule has 1 nitrogen and oxygen atoms in total. The fraction of sp³-hybridized carbons (Fsp3) is 0.625. The Morgan fingerprint density at radius 3 is 2.39 bits per heavy atom. The second-order valence-corrected chi connectivity index (χ2v) is 6.38. The minimum absolute atomic E-state index is 0.514. The van der Waals surface area contributed by atoms with Crippen LogP contribution in [0.5, 0.6) is 0 Å². The van der Waals surface area contributed by atoms with Gasteiger partial charge >= 0.3 is 0 Å². The minimum atomic E-state index is 0.514. The summed E-state index contributed by atoms with van der Waals surface area (Å²) in [4.78, 5) is 0. The topological polar surface area (TPSA) is 12.0 Å². The molecule has 1 aromatic rings. The van der Waals surface area contributed by atoms with E-state index in [1.54, 1.807) is 0 Å². The maximum atomic E-state index is 3.66. The van der Waals surface area contributed by atoms with Crippen LogP contribution < -0.4 is 5.32 Å². The quantitative estimate of drug-likeness (QED) is 0.776. The van der Waals surface area contributed by atoms with Gasteiger partial charge in [0.05, 0.1) is 0 Å². The van der Waals surface area contributed by atoms with E-state index in [0.717, 1.165) is 5.92 Å². The lowest BCUT2D eigenvalue weighted by atomic mass is 9.87. The van der Waals surface area contributed by atoms with Crippen LogP contribution in [0.2, 0.25) is 0 Å². The van der Waals surface area contributed by atoms with E-state index in [1.165, 1.54) is 54.1 Å². The first-order chi connectivity index (χ1) is 8.72. The van der Waals surface area contributed by atoms with Gasteiger partial charge in [0.2, 0.25) is 0 Å². The summed E-state index contributed by atoms with van der Waals surface area (Å²) in [6.07, 6.45) is 8.38. The molecular formula is C16H24BrN. The van der Waals surface area contributed by atoms with Gasteiger partial charge in [0.15, 0.2) is 0 Å². The van der Waals surface area contributed by atoms with Gasteiger partial charge in [-0.3, -0.25) is 0 Å². The van der Waals surface area contributed by atoms with Gasteiger partial charge in [-0.1, -0.05) is 53.7 Å². The van der Waals surface area contributed by atoms with Crippen molar-refractivity contribution in [3.05, 3.63) is 33.8 Å². The molecule has 0 amide bonds. The van der Waals surface area contributed by atoms with Crippen LogP contribution in [0.4, 0.5) is 0 Å². The molecule has 1 aliphatic rings. The molecule has 0 spiro atoms. The molecule has 0 heterocycles. The van der Waals surface area contributed by atoms with Gasteiger partial charge in [-0.2, -0.15) is 0 Å². The van der Waals surface area contributed by atoms with E-state index in [4.69, 9.17) is 0 Å². The fourth-order valence-corrected chi connectivity index (χ4v) is 3.52. The van der Waals surface area contributed by atoms with E-state index in [9.17, 15) is 0 Å². The van der Waals surface area contributed by atoms with E-state index in [-0.39, 0.29) is 0 Å². The zero-order chi connectivity index (χ0) is 13.0. The summed E-state index contributed by atoms with van der Waals surface area (Å²) in [7, 11) is 2.10. The van der Waals surface area contributed by atoms with E-state index in [1.807, 2.05) is 0 Å². The van der Waals surface area contributed by atoms with Crippen molar-refractivity contribution < 1.29 is 0 Å². The highest BCUT2D eigenvalue weighted by molar-refractivity contribution is 9.10. The molecule has 0 bridgehead atoms. The van der Waals surface area contributed by atoms with E-state index in [0.29, 0.717) is 6.04 Å². The molecule has 2 rings (SSSR count). The second kappa shape index (κ2) is 6.72. The Labute approximate surface area is 119 Å². The average Bonchev–Trinajstić information content (AvgIpc) is 2.64. The number of aryl methyl sites for hydroxylation is 1. The number of benzene rings is 1. The molecule has 1 N–H and O–H groups in total. The highest BCUT2D eigenvalue weighted by Gasteiger charge is 2.23. The number of hydrogen-bond donors (Lipinski definition) is 1. The van der Waals surface area contributed by atoms with Crippen molar-refractivity contribution in [2.75, 3.05) is 7.05 Å². The lowest BCUT2D eigenvalue weighted by molar-refractivity contribution is 0.341. The van der Waals surface area contributed by atoms with Crippen LogP contribution in [0.3, 0.4) is 0 Å². The summed E-state index contributed by atoms with van der Waals surface area (Å²) in [5.41, 5.74) is 2.75. The fourth-order valence-electron chi connectivity index (χ4n) is 3.12. The third-order valence-electron chi connectivity index (χ3n) is 4.24. The molecule has 1 unspecified atom stereocenters. The van der Waals surface area contributed by atoms with Crippen LogP contribution in [-0.2, 0) is 0 Å². The van der Waals surface area contributed by atoms with Crippen molar-refractivity contribution in [2.45, 2.75) is 51.5 Å². The van der Waals surface area contributed by atoms with Gasteiger partial charge in [0.25, 0.3) is 0 Å². The third kappa shape index (κ3) is 3.36. The van der Waals surface area contributed by atoms with E-state index < -0.39 is 0 Å². The highest BCUT2D eigenvalue weighted by Crippen LogP contribution is 2.34. The minimum Gasteiger partial charge on any atom is -0.313 e. The zero-order valence-corrected chi connectivity index (χ0v) is 13.1. The molecule has 0 radical (unpaired) electrons. The molecule has 18 heavy (non-hydrogen) atoms. The summed E-state index contributed by atoms with van der Waals surface area (Å²) >= 11 is 3.66. The first-order valence-electron chi connectivity index (χ1n) is 7.15. The predicted octanol–water partition coefficient (Wildman–Crippen LogP) is 4.99. The van der Waals surface area contributed by atoms with Gasteiger partial charge in [-0.15, -0.1) is 0 Å². The van der Waals surface area contributed by atoms with Gasteiger partial charge in [0.1, 0.15) is 0 Å². The van der Waals surface area contributed by atoms with Crippen LogP contribution in [-0.4, -0.2) is 7.05 Å². The van der Waals surface area contributed by atoms with Crippen molar-refractivity contribution in [1.82, 2.24) is 5.32 Å². The molecule has 1 atom stereocenters. The first kappa shape index (κ1) is 14.1. The lowest BCUT2D eigenvalue weighted by Crippen LogP contribution is -2.25. The smallest absolute Gasteiger partial charge is 0.0346 e. The van der Waals surface area contributed by atoms with Gasteiger partial charge in [-0.25, -0.2) is 0 Å². The Bertz CT molecular complexity index is 381. The molecular weight excluding hydrogens is 286 g/mol. The molecule has 2 heteroatoms. The maximum Gasteiger partial charge on any atom is 0.0346 e. The Morgan fingerprint density at radius 1 is 1.17 bits per heavy atom. The van der Waals surface area contributed by atoms with Crippen molar-refractivity contribution in [3.63, 3.8) is 0 Å². The number of nitrogens with one attached hydrogen (secondary N) is 1. The molecule has 1 saturated carbocycles. The van der Waals surface area contributed by atoms with Crippen molar-refractivity contribution in [3.8, 4) is 0 Å². The molecule has 0 aromatic heterocycles. The SMILES string of the molecule is CNC(c1ccc(C)c(Br)c1)C1CCCCCC1. The highest BCUT2D eigenvalue weighted by atomic mass is 79.9. The summed E-state index contributed by atoms with van der Waals surface area (Å²) in [5.74, 6) is 0.798. The van der Waals surface area contributed by atoms with E-state index in [2.05, 4.69) is 53.4 Å². The van der Waals surface area contributed by atoms with Crippen molar-refractivity contribution in [2.24, 2.45) is 5.92 Å². The number of halogens is 1. The summed E-state index contributed by atoms with van der Waals surface area (Å²) < 4.78 is 1.23. The summed E-state index contributed by atoms with van der Waals surface area (Å²) in [5, 5.41) is 3.54. The monoisotopic (exact) mass is 309 g/mol. The number of rotatable bonds is 3. The van der Waals surface area contributed by atoms with Gasteiger partial charge in [-0.05, 0) is 49.9 Å². The lowest BCUT2D eigenvalue weighted by Gasteiger charge is -2.26. The van der Waals surface area contributed by atoms with Crippen LogP contribution >= 0.6 is 15.9 Å². The Kier molecular flexibility index (Phi) is 5.25.